The minimum atomic E-state index is -4.80. The van der Waals surface area contributed by atoms with E-state index in [1.165, 1.54) is 19.2 Å². The molecule has 11 heteroatoms. The number of aliphatic imine (C=N–C) groups is 1. The highest BCUT2D eigenvalue weighted by Gasteiger charge is 2.50. The van der Waals surface area contributed by atoms with Crippen molar-refractivity contribution in [2.75, 3.05) is 0 Å². The van der Waals surface area contributed by atoms with Crippen LogP contribution in [0.1, 0.15) is 46.1 Å². The van der Waals surface area contributed by atoms with Gasteiger partial charge in [-0.15, -0.1) is 0 Å². The first kappa shape index (κ1) is 23.1. The van der Waals surface area contributed by atoms with Gasteiger partial charge in [-0.25, -0.2) is 13.8 Å². The first-order valence-corrected chi connectivity index (χ1v) is 9.31. The molecule has 2 aromatic rings. The average Bonchev–Trinajstić information content (AvgIpc) is 2.68. The van der Waals surface area contributed by atoms with E-state index < -0.39 is 59.7 Å². The predicted octanol–water partition coefficient (Wildman–Crippen LogP) is 3.85. The summed E-state index contributed by atoms with van der Waals surface area (Å²) in [6.45, 7) is 2.74. The number of halogens is 5. The molecule has 0 aliphatic carbocycles. The largest absolute Gasteiger partial charge is 0.452 e. The van der Waals surface area contributed by atoms with Crippen LogP contribution >= 0.6 is 0 Å². The van der Waals surface area contributed by atoms with E-state index in [1.54, 1.807) is 6.92 Å². The lowest BCUT2D eigenvalue weighted by molar-refractivity contribution is -0.208. The number of aromatic nitrogens is 1. The third kappa shape index (κ3) is 4.54. The molecule has 32 heavy (non-hydrogen) atoms. The number of alkyl halides is 3. The van der Waals surface area contributed by atoms with Crippen LogP contribution < -0.4 is 5.73 Å². The summed E-state index contributed by atoms with van der Waals surface area (Å²) < 4.78 is 73.1. The van der Waals surface area contributed by atoms with Gasteiger partial charge in [0.1, 0.15) is 11.8 Å². The van der Waals surface area contributed by atoms with Gasteiger partial charge in [0.25, 0.3) is 6.02 Å². The fraction of sp³-hybridized carbons (Fsp3) is 0.333. The van der Waals surface area contributed by atoms with E-state index in [0.29, 0.717) is 5.56 Å². The summed E-state index contributed by atoms with van der Waals surface area (Å²) in [4.78, 5) is 20.4. The number of aryl methyl sites for hydroxylation is 1. The maximum atomic E-state index is 14.6. The van der Waals surface area contributed by atoms with Gasteiger partial charge in [0.2, 0.25) is 0 Å². The Morgan fingerprint density at radius 1 is 1.34 bits per heavy atom. The van der Waals surface area contributed by atoms with Crippen molar-refractivity contribution >= 4 is 11.8 Å². The van der Waals surface area contributed by atoms with Gasteiger partial charge < -0.3 is 10.5 Å². The van der Waals surface area contributed by atoms with Crippen LogP contribution in [-0.4, -0.2) is 29.1 Å². The highest BCUT2D eigenvalue weighted by atomic mass is 19.4. The fourth-order valence-corrected chi connectivity index (χ4v) is 3.55. The number of carbonyl (C=O) groups excluding carboxylic acids is 1. The second-order valence-corrected chi connectivity index (χ2v) is 7.62. The third-order valence-corrected chi connectivity index (χ3v) is 5.07. The van der Waals surface area contributed by atoms with Crippen LogP contribution in [-0.2, 0) is 16.7 Å². The lowest BCUT2D eigenvalue weighted by Crippen LogP contribution is -2.46. The number of ketones is 1. The van der Waals surface area contributed by atoms with Crippen LogP contribution in [0.5, 0.6) is 0 Å². The molecular formula is C21H17F5N4O2. The smallest absolute Gasteiger partial charge is 0.425 e. The van der Waals surface area contributed by atoms with E-state index in [4.69, 9.17) is 11.0 Å². The zero-order chi connectivity index (χ0) is 23.8. The molecule has 3 rings (SSSR count). The average molecular weight is 452 g/mol. The van der Waals surface area contributed by atoms with Crippen LogP contribution in [0, 0.1) is 29.9 Å². The second-order valence-electron chi connectivity index (χ2n) is 7.62. The third-order valence-electron chi connectivity index (χ3n) is 5.07. The highest BCUT2D eigenvalue weighted by molar-refractivity contribution is 5.97. The summed E-state index contributed by atoms with van der Waals surface area (Å²) >= 11 is 0. The number of amidine groups is 1. The van der Waals surface area contributed by atoms with Crippen LogP contribution in [0.4, 0.5) is 22.0 Å². The normalized spacial score (nSPS) is 20.8. The molecule has 1 aliphatic heterocycles. The molecule has 0 radical (unpaired) electrons. The highest BCUT2D eigenvalue weighted by Crippen LogP contribution is 2.41. The van der Waals surface area contributed by atoms with E-state index in [9.17, 15) is 26.7 Å². The Balaban J connectivity index is 1.99. The Hall–Kier alpha value is -3.55. The number of benzene rings is 1. The van der Waals surface area contributed by atoms with E-state index in [-0.39, 0.29) is 16.8 Å². The molecule has 0 unspecified atom stereocenters. The number of Topliss-reactive ketones (excluding diaryl/α,β-unsaturated/α-hetero) is 1. The zero-order valence-electron chi connectivity index (χ0n) is 16.9. The summed E-state index contributed by atoms with van der Waals surface area (Å²) in [6.07, 6.45) is -7.19. The maximum Gasteiger partial charge on any atom is 0.425 e. The minimum Gasteiger partial charge on any atom is -0.452 e. The van der Waals surface area contributed by atoms with Crippen molar-refractivity contribution in [1.29, 1.82) is 5.26 Å². The Bertz CT molecular complexity index is 1160. The first-order chi connectivity index (χ1) is 14.8. The number of nitrogens with zero attached hydrogens (tertiary/aromatic N) is 3. The number of carbonyl (C=O) groups is 1. The van der Waals surface area contributed by atoms with Gasteiger partial charge in [-0.3, -0.25) is 9.78 Å². The van der Waals surface area contributed by atoms with Gasteiger partial charge in [0.15, 0.2) is 23.5 Å². The van der Waals surface area contributed by atoms with Gasteiger partial charge in [-0.2, -0.15) is 18.4 Å². The molecule has 0 saturated carbocycles. The van der Waals surface area contributed by atoms with Gasteiger partial charge in [-0.05, 0) is 43.2 Å². The van der Waals surface area contributed by atoms with Crippen molar-refractivity contribution in [2.24, 2.45) is 10.7 Å². The number of rotatable bonds is 4. The topological polar surface area (TPSA) is 101 Å². The standard InChI is InChI=1S/C21H17F5N4O2/c1-10-3-12(8-27)9-29-18(10)15(31)6-11-4-13(17(23)14(22)5-11)20(2)7-16(21(24,25)26)32-19(28)30-20/h3-5,9,16H,6-7H2,1-2H3,(H2,28,30)/t16-,20-/m0/s1. The van der Waals surface area contributed by atoms with Crippen LogP contribution in [0.15, 0.2) is 29.4 Å². The van der Waals surface area contributed by atoms with Crippen molar-refractivity contribution in [3.63, 3.8) is 0 Å². The van der Waals surface area contributed by atoms with Gasteiger partial charge in [-0.1, -0.05) is 0 Å². The lowest BCUT2D eigenvalue weighted by atomic mass is 9.84. The van der Waals surface area contributed by atoms with Crippen molar-refractivity contribution in [1.82, 2.24) is 4.98 Å². The molecule has 2 N–H and O–H groups in total. The van der Waals surface area contributed by atoms with Crippen molar-refractivity contribution in [3.05, 3.63) is 64.0 Å². The molecular weight excluding hydrogens is 435 g/mol. The Morgan fingerprint density at radius 2 is 2.03 bits per heavy atom. The van der Waals surface area contributed by atoms with Gasteiger partial charge in [0.05, 0.1) is 11.1 Å². The predicted molar refractivity (Wildman–Crippen MR) is 103 cm³/mol. The van der Waals surface area contributed by atoms with Crippen LogP contribution in [0.2, 0.25) is 0 Å². The molecule has 1 aliphatic rings. The van der Waals surface area contributed by atoms with Gasteiger partial charge >= 0.3 is 6.18 Å². The Morgan fingerprint density at radius 3 is 2.62 bits per heavy atom. The Labute approximate surface area is 179 Å². The second kappa shape index (κ2) is 8.18. The Kier molecular flexibility index (Phi) is 5.91. The molecule has 1 aromatic heterocycles. The summed E-state index contributed by atoms with van der Waals surface area (Å²) in [7, 11) is 0. The fourth-order valence-electron chi connectivity index (χ4n) is 3.55. The van der Waals surface area contributed by atoms with E-state index in [2.05, 4.69) is 14.7 Å². The summed E-state index contributed by atoms with van der Waals surface area (Å²) in [5, 5.41) is 8.90. The number of nitrogens with two attached hydrogens (primary N) is 1. The molecule has 0 saturated heterocycles. The zero-order valence-corrected chi connectivity index (χ0v) is 16.9. The summed E-state index contributed by atoms with van der Waals surface area (Å²) in [6, 6.07) is 4.40. The van der Waals surface area contributed by atoms with Gasteiger partial charge in [0, 0.05) is 24.6 Å². The van der Waals surface area contributed by atoms with E-state index in [1.807, 2.05) is 6.07 Å². The summed E-state index contributed by atoms with van der Waals surface area (Å²) in [5.74, 6) is -3.28. The maximum absolute atomic E-state index is 14.6. The SMILES string of the molecule is Cc1cc(C#N)cnc1C(=O)Cc1cc(F)c(F)c([C@]2(C)C[C@@H](C(F)(F)F)OC(N)=N2)c1. The molecule has 6 nitrogen and oxygen atoms in total. The molecule has 0 bridgehead atoms. The number of nitriles is 1. The molecule has 168 valence electrons. The van der Waals surface area contributed by atoms with Crippen molar-refractivity contribution in [2.45, 2.75) is 44.5 Å². The molecule has 2 atom stereocenters. The molecule has 0 fully saturated rings. The number of hydrogen-bond donors (Lipinski definition) is 1. The number of hydrogen-bond acceptors (Lipinski definition) is 6. The number of ether oxygens (including phenoxy) is 1. The quantitative estimate of drug-likeness (QED) is 0.561. The van der Waals surface area contributed by atoms with E-state index in [0.717, 1.165) is 12.1 Å². The van der Waals surface area contributed by atoms with Crippen molar-refractivity contribution < 1.29 is 31.5 Å². The first-order valence-electron chi connectivity index (χ1n) is 9.31. The molecule has 2 heterocycles. The van der Waals surface area contributed by atoms with E-state index >= 15 is 0 Å². The summed E-state index contributed by atoms with van der Waals surface area (Å²) in [5.41, 5.74) is 3.73. The van der Waals surface area contributed by atoms with Crippen LogP contribution in [0.3, 0.4) is 0 Å². The van der Waals surface area contributed by atoms with Crippen LogP contribution in [0.25, 0.3) is 0 Å². The minimum absolute atomic E-state index is 0.0134. The molecule has 0 spiro atoms. The monoisotopic (exact) mass is 452 g/mol. The molecule has 0 amide bonds. The number of pyridine rings is 1. The molecule has 1 aromatic carbocycles. The lowest BCUT2D eigenvalue weighted by Gasteiger charge is -2.36. The van der Waals surface area contributed by atoms with Crippen molar-refractivity contribution in [3.8, 4) is 6.07 Å².